The number of rotatable bonds is 6. The van der Waals surface area contributed by atoms with Crippen LogP contribution in [-0.4, -0.2) is 0 Å². The molecular weight excluding hydrogens is 719 g/mol. The van der Waals surface area contributed by atoms with Crippen molar-refractivity contribution in [3.63, 3.8) is 0 Å². The van der Waals surface area contributed by atoms with Gasteiger partial charge in [-0.15, -0.1) is 0 Å². The summed E-state index contributed by atoms with van der Waals surface area (Å²) in [5.41, 5.74) is 13.7. The van der Waals surface area contributed by atoms with E-state index in [0.717, 1.165) is 88.6 Å². The van der Waals surface area contributed by atoms with Crippen LogP contribution >= 0.6 is 0 Å². The summed E-state index contributed by atoms with van der Waals surface area (Å²) >= 11 is 0. The summed E-state index contributed by atoms with van der Waals surface area (Å²) < 4.78 is 12.8. The topological polar surface area (TPSA) is 29.5 Å². The highest BCUT2D eigenvalue weighted by molar-refractivity contribution is 6.16. The van der Waals surface area contributed by atoms with Crippen molar-refractivity contribution < 1.29 is 8.83 Å². The van der Waals surface area contributed by atoms with Gasteiger partial charge in [-0.05, 0) is 105 Å². The maximum absolute atomic E-state index is 6.52. The fourth-order valence-electron chi connectivity index (χ4n) is 9.08. The summed E-state index contributed by atoms with van der Waals surface area (Å²) in [6.07, 6.45) is 0. The second-order valence-electron chi connectivity index (χ2n) is 15.2. The molecule has 12 aromatic rings. The summed E-state index contributed by atoms with van der Waals surface area (Å²) in [4.78, 5) is 2.38. The Morgan fingerprint density at radius 1 is 0.305 bits per heavy atom. The number of hydrogen-bond acceptors (Lipinski definition) is 3. The second-order valence-corrected chi connectivity index (χ2v) is 15.2. The lowest BCUT2D eigenvalue weighted by molar-refractivity contribution is 0.669. The molecule has 2 heterocycles. The van der Waals surface area contributed by atoms with Crippen molar-refractivity contribution in [2.24, 2.45) is 0 Å². The zero-order chi connectivity index (χ0) is 38.9. The SMILES string of the molecule is c1ccc(N(c2ccc(-c3cccc4ccccc34)cc2)c2ccc(-c3cccc4oc5ccccc5c34)cc2)c(-c2ccc3oc4c5ccccc5ccc4c3c2)c1. The molecule has 0 aliphatic carbocycles. The van der Waals surface area contributed by atoms with E-state index < -0.39 is 0 Å². The summed E-state index contributed by atoms with van der Waals surface area (Å²) in [6, 6.07) is 75.8. The number of benzene rings is 10. The lowest BCUT2D eigenvalue weighted by Gasteiger charge is -2.28. The molecule has 0 aliphatic heterocycles. The summed E-state index contributed by atoms with van der Waals surface area (Å²) in [5, 5.41) is 9.27. The Hall–Kier alpha value is -7.88. The van der Waals surface area contributed by atoms with E-state index in [2.05, 4.69) is 205 Å². The van der Waals surface area contributed by atoms with E-state index in [1.54, 1.807) is 0 Å². The Morgan fingerprint density at radius 3 is 1.68 bits per heavy atom. The maximum Gasteiger partial charge on any atom is 0.143 e. The molecule has 0 unspecified atom stereocenters. The Balaban J connectivity index is 1.01. The van der Waals surface area contributed by atoms with Crippen LogP contribution in [0.4, 0.5) is 17.1 Å². The molecule has 0 bridgehead atoms. The van der Waals surface area contributed by atoms with Crippen LogP contribution in [0.15, 0.2) is 221 Å². The van der Waals surface area contributed by atoms with Gasteiger partial charge in [-0.25, -0.2) is 0 Å². The molecular formula is C56H35NO2. The molecule has 0 N–H and O–H groups in total. The summed E-state index contributed by atoms with van der Waals surface area (Å²) in [6.45, 7) is 0. The van der Waals surface area contributed by atoms with Crippen LogP contribution in [0.3, 0.4) is 0 Å². The van der Waals surface area contributed by atoms with Gasteiger partial charge in [-0.2, -0.15) is 0 Å². The van der Waals surface area contributed by atoms with E-state index in [1.165, 1.54) is 27.3 Å². The van der Waals surface area contributed by atoms with E-state index in [9.17, 15) is 0 Å². The zero-order valence-electron chi connectivity index (χ0n) is 32.0. The summed E-state index contributed by atoms with van der Waals surface area (Å²) in [7, 11) is 0. The average Bonchev–Trinajstić information content (AvgIpc) is 3.88. The van der Waals surface area contributed by atoms with E-state index in [1.807, 2.05) is 12.1 Å². The monoisotopic (exact) mass is 753 g/mol. The quantitative estimate of drug-likeness (QED) is 0.169. The molecule has 3 nitrogen and oxygen atoms in total. The van der Waals surface area contributed by atoms with E-state index >= 15 is 0 Å². The third-order valence-corrected chi connectivity index (χ3v) is 11.9. The van der Waals surface area contributed by atoms with Gasteiger partial charge in [0.15, 0.2) is 0 Å². The van der Waals surface area contributed by atoms with Crippen molar-refractivity contribution in [2.75, 3.05) is 4.90 Å². The van der Waals surface area contributed by atoms with Gasteiger partial charge in [-0.1, -0.05) is 152 Å². The highest BCUT2D eigenvalue weighted by atomic mass is 16.3. The molecule has 10 aromatic carbocycles. The Morgan fingerprint density at radius 2 is 0.864 bits per heavy atom. The average molecular weight is 754 g/mol. The molecule has 0 radical (unpaired) electrons. The van der Waals surface area contributed by atoms with Gasteiger partial charge in [0.2, 0.25) is 0 Å². The van der Waals surface area contributed by atoms with Crippen LogP contribution in [0.25, 0.3) is 98.8 Å². The standard InChI is InChI=1S/C56H35NO2/c1-3-14-43-36(11-1)13-9-18-44(43)38-23-29-41(30-24-38)57(42-31-25-39(26-32-42)46-19-10-22-54-55(46)49-17-6-8-21-52(49)58-54)51-20-7-5-15-45(51)40-28-34-53-50(35-40)48-33-27-37-12-2-4-16-47(37)56(48)59-53/h1-35H. The molecule has 276 valence electrons. The Bertz CT molecular complexity index is 3550. The van der Waals surface area contributed by atoms with Gasteiger partial charge in [0.1, 0.15) is 22.3 Å². The van der Waals surface area contributed by atoms with Gasteiger partial charge in [0.05, 0.1) is 5.69 Å². The fourth-order valence-corrected chi connectivity index (χ4v) is 9.08. The number of nitrogens with zero attached hydrogens (tertiary/aromatic N) is 1. The molecule has 59 heavy (non-hydrogen) atoms. The Labute approximate surface area is 340 Å². The van der Waals surface area contributed by atoms with Gasteiger partial charge < -0.3 is 13.7 Å². The molecule has 0 aliphatic rings. The molecule has 0 atom stereocenters. The first-order chi connectivity index (χ1) is 29.2. The summed E-state index contributed by atoms with van der Waals surface area (Å²) in [5.74, 6) is 0. The molecule has 0 saturated carbocycles. The van der Waals surface area contributed by atoms with Crippen LogP contribution < -0.4 is 4.90 Å². The number of hydrogen-bond donors (Lipinski definition) is 0. The van der Waals surface area contributed by atoms with Gasteiger partial charge in [0, 0.05) is 43.9 Å². The van der Waals surface area contributed by atoms with Crippen molar-refractivity contribution in [1.82, 2.24) is 0 Å². The van der Waals surface area contributed by atoms with Gasteiger partial charge in [-0.3, -0.25) is 0 Å². The molecule has 0 amide bonds. The first kappa shape index (κ1) is 33.3. The van der Waals surface area contributed by atoms with Crippen LogP contribution in [0.5, 0.6) is 0 Å². The molecule has 0 spiro atoms. The third kappa shape index (κ3) is 5.44. The first-order valence-electron chi connectivity index (χ1n) is 20.1. The lowest BCUT2D eigenvalue weighted by Crippen LogP contribution is -2.11. The van der Waals surface area contributed by atoms with Crippen molar-refractivity contribution in [3.8, 4) is 33.4 Å². The third-order valence-electron chi connectivity index (χ3n) is 11.9. The maximum atomic E-state index is 6.52. The van der Waals surface area contributed by atoms with Crippen molar-refractivity contribution in [3.05, 3.63) is 212 Å². The van der Waals surface area contributed by atoms with Crippen molar-refractivity contribution >= 4 is 82.5 Å². The van der Waals surface area contributed by atoms with Crippen LogP contribution in [0.2, 0.25) is 0 Å². The smallest absolute Gasteiger partial charge is 0.143 e. The predicted molar refractivity (Wildman–Crippen MR) is 247 cm³/mol. The van der Waals surface area contributed by atoms with Gasteiger partial charge >= 0.3 is 0 Å². The highest BCUT2D eigenvalue weighted by Gasteiger charge is 2.20. The number of furan rings is 2. The molecule has 0 fully saturated rings. The molecule has 3 heteroatoms. The minimum atomic E-state index is 0.884. The van der Waals surface area contributed by atoms with Crippen LogP contribution in [0.1, 0.15) is 0 Å². The van der Waals surface area contributed by atoms with Gasteiger partial charge in [0.25, 0.3) is 0 Å². The minimum absolute atomic E-state index is 0.884. The Kier molecular flexibility index (Phi) is 7.54. The largest absolute Gasteiger partial charge is 0.456 e. The number of fused-ring (bicyclic) bond motifs is 9. The van der Waals surface area contributed by atoms with Crippen molar-refractivity contribution in [2.45, 2.75) is 0 Å². The van der Waals surface area contributed by atoms with Crippen LogP contribution in [0, 0.1) is 0 Å². The second kappa shape index (κ2) is 13.4. The number of para-hydroxylation sites is 2. The normalized spacial score (nSPS) is 11.7. The minimum Gasteiger partial charge on any atom is -0.456 e. The molecule has 12 rings (SSSR count). The highest BCUT2D eigenvalue weighted by Crippen LogP contribution is 2.45. The molecule has 2 aromatic heterocycles. The predicted octanol–water partition coefficient (Wildman–Crippen LogP) is 16.3. The zero-order valence-corrected chi connectivity index (χ0v) is 32.0. The lowest BCUT2D eigenvalue weighted by atomic mass is 9.97. The first-order valence-corrected chi connectivity index (χ1v) is 20.1. The van der Waals surface area contributed by atoms with Crippen molar-refractivity contribution in [1.29, 1.82) is 0 Å². The van der Waals surface area contributed by atoms with E-state index in [0.29, 0.717) is 0 Å². The van der Waals surface area contributed by atoms with Crippen LogP contribution in [-0.2, 0) is 0 Å². The number of anilines is 3. The van der Waals surface area contributed by atoms with E-state index in [4.69, 9.17) is 8.83 Å². The molecule has 0 saturated heterocycles. The van der Waals surface area contributed by atoms with E-state index in [-0.39, 0.29) is 0 Å². The fraction of sp³-hybridized carbons (Fsp3) is 0.